The van der Waals surface area contributed by atoms with Crippen molar-refractivity contribution in [1.29, 1.82) is 0 Å². The van der Waals surface area contributed by atoms with Crippen LogP contribution in [0.2, 0.25) is 0 Å². The Morgan fingerprint density at radius 1 is 0.327 bits per heavy atom. The van der Waals surface area contributed by atoms with Gasteiger partial charge in [0.05, 0.1) is 5.69 Å². The van der Waals surface area contributed by atoms with Gasteiger partial charge in [-0.3, -0.25) is 4.98 Å². The Balaban J connectivity index is 1.05. The molecule has 0 saturated carbocycles. The van der Waals surface area contributed by atoms with E-state index in [1.807, 2.05) is 12.3 Å². The second kappa shape index (κ2) is 12.5. The third kappa shape index (κ3) is 4.97. The molecule has 0 saturated heterocycles. The fourth-order valence-corrected chi connectivity index (χ4v) is 9.14. The van der Waals surface area contributed by atoms with E-state index in [4.69, 9.17) is 4.98 Å². The normalized spacial score (nSPS) is 11.7. The first-order valence-corrected chi connectivity index (χ1v) is 19.0. The number of benzene rings is 10. The number of nitrogens with zero attached hydrogens (tertiary/aromatic N) is 1. The van der Waals surface area contributed by atoms with Crippen molar-refractivity contribution in [3.63, 3.8) is 0 Å². The van der Waals surface area contributed by atoms with Gasteiger partial charge in [0.2, 0.25) is 0 Å². The van der Waals surface area contributed by atoms with E-state index in [0.717, 1.165) is 5.69 Å². The van der Waals surface area contributed by atoms with Crippen LogP contribution in [0.1, 0.15) is 5.56 Å². The minimum Gasteiger partial charge on any atom is -0.256 e. The van der Waals surface area contributed by atoms with Crippen LogP contribution in [0.5, 0.6) is 0 Å². The summed E-state index contributed by atoms with van der Waals surface area (Å²) in [6.07, 6.45) is 1.88. The summed E-state index contributed by atoms with van der Waals surface area (Å²) in [5, 5.41) is 15.2. The maximum Gasteiger partial charge on any atom is 0.0714 e. The fourth-order valence-electron chi connectivity index (χ4n) is 9.14. The smallest absolute Gasteiger partial charge is 0.0714 e. The van der Waals surface area contributed by atoms with E-state index in [1.165, 1.54) is 109 Å². The number of pyridine rings is 1. The van der Waals surface area contributed by atoms with Gasteiger partial charge in [0.1, 0.15) is 0 Å². The summed E-state index contributed by atoms with van der Waals surface area (Å²) in [6, 6.07) is 69.0. The Morgan fingerprint density at radius 3 is 1.51 bits per heavy atom. The molecule has 0 atom stereocenters. The van der Waals surface area contributed by atoms with Gasteiger partial charge in [-0.2, -0.15) is 0 Å². The highest BCUT2D eigenvalue weighted by Crippen LogP contribution is 2.44. The van der Waals surface area contributed by atoms with Crippen LogP contribution in [0, 0.1) is 6.92 Å². The van der Waals surface area contributed by atoms with Crippen LogP contribution >= 0.6 is 0 Å². The van der Waals surface area contributed by atoms with Gasteiger partial charge in [-0.15, -0.1) is 0 Å². The summed E-state index contributed by atoms with van der Waals surface area (Å²) < 4.78 is 0. The zero-order valence-corrected chi connectivity index (χ0v) is 30.4. The van der Waals surface area contributed by atoms with Gasteiger partial charge in [-0.05, 0) is 129 Å². The van der Waals surface area contributed by atoms with Crippen molar-refractivity contribution in [2.75, 3.05) is 0 Å². The van der Waals surface area contributed by atoms with E-state index < -0.39 is 0 Å². The van der Waals surface area contributed by atoms with E-state index in [0.29, 0.717) is 0 Å². The predicted molar refractivity (Wildman–Crippen MR) is 236 cm³/mol. The molecule has 0 bridgehead atoms. The first kappa shape index (κ1) is 31.4. The van der Waals surface area contributed by atoms with Gasteiger partial charge < -0.3 is 0 Å². The molecule has 1 heterocycles. The van der Waals surface area contributed by atoms with Gasteiger partial charge in [0, 0.05) is 11.8 Å². The summed E-state index contributed by atoms with van der Waals surface area (Å²) in [7, 11) is 0. The Kier molecular flexibility index (Phi) is 7.15. The lowest BCUT2D eigenvalue weighted by molar-refractivity contribution is 1.34. The topological polar surface area (TPSA) is 12.9 Å². The highest BCUT2D eigenvalue weighted by Gasteiger charge is 2.18. The van der Waals surface area contributed by atoms with E-state index >= 15 is 0 Å². The number of rotatable bonds is 4. The van der Waals surface area contributed by atoms with E-state index in [1.54, 1.807) is 0 Å². The predicted octanol–water partition coefficient (Wildman–Crippen LogP) is 15.0. The Morgan fingerprint density at radius 2 is 0.855 bits per heavy atom. The standard InChI is InChI=1S/C54H35N/c1-34-11-8-12-36-26-27-38-14-10-20-46(53(38)50(34)36)45-19-9-13-37-28-29-41-33-40(30-31-42(41)51(37)45)35-22-24-39(25-23-35)52-43-15-2-4-17-47(43)54(49-21-6-7-32-55-49)48-18-5-3-16-44(48)52/h2-33H,1H3. The third-order valence-corrected chi connectivity index (χ3v) is 11.6. The highest BCUT2D eigenvalue weighted by atomic mass is 14.7. The molecule has 1 nitrogen and oxygen atoms in total. The largest absolute Gasteiger partial charge is 0.256 e. The van der Waals surface area contributed by atoms with Crippen molar-refractivity contribution in [1.82, 2.24) is 4.98 Å². The number of aromatic nitrogens is 1. The third-order valence-electron chi connectivity index (χ3n) is 11.6. The molecular formula is C54H35N. The molecule has 0 N–H and O–H groups in total. The van der Waals surface area contributed by atoms with Crippen molar-refractivity contribution in [2.24, 2.45) is 0 Å². The van der Waals surface area contributed by atoms with Crippen LogP contribution in [0.3, 0.4) is 0 Å². The van der Waals surface area contributed by atoms with Crippen LogP contribution in [0.15, 0.2) is 194 Å². The second-order valence-electron chi connectivity index (χ2n) is 14.7. The SMILES string of the molecule is Cc1cccc2ccc3cccc(-c4cccc5ccc6cc(-c7ccc(-c8c9ccccc9c(-c9ccccn9)c9ccccc89)cc7)ccc6c45)c3c12. The van der Waals surface area contributed by atoms with Gasteiger partial charge >= 0.3 is 0 Å². The minimum atomic E-state index is 0.994. The molecule has 0 spiro atoms. The molecule has 0 aliphatic heterocycles. The van der Waals surface area contributed by atoms with Gasteiger partial charge in [-0.25, -0.2) is 0 Å². The lowest BCUT2D eigenvalue weighted by atomic mass is 9.86. The van der Waals surface area contributed by atoms with Crippen LogP contribution in [-0.4, -0.2) is 4.98 Å². The average molecular weight is 698 g/mol. The van der Waals surface area contributed by atoms with Crippen molar-refractivity contribution < 1.29 is 0 Å². The van der Waals surface area contributed by atoms with Crippen LogP contribution in [-0.2, 0) is 0 Å². The minimum absolute atomic E-state index is 0.994. The van der Waals surface area contributed by atoms with Crippen molar-refractivity contribution in [3.8, 4) is 44.6 Å². The molecule has 0 fully saturated rings. The molecule has 1 aromatic heterocycles. The molecule has 10 aromatic carbocycles. The number of fused-ring (bicyclic) bond motifs is 8. The van der Waals surface area contributed by atoms with E-state index in [9.17, 15) is 0 Å². The van der Waals surface area contributed by atoms with Crippen molar-refractivity contribution in [2.45, 2.75) is 6.92 Å². The number of aryl methyl sites for hydroxylation is 1. The summed E-state index contributed by atoms with van der Waals surface area (Å²) >= 11 is 0. The maximum absolute atomic E-state index is 4.78. The van der Waals surface area contributed by atoms with Crippen molar-refractivity contribution >= 4 is 64.6 Å². The lowest BCUT2D eigenvalue weighted by Gasteiger charge is -2.17. The van der Waals surface area contributed by atoms with Gasteiger partial charge in [-0.1, -0.05) is 170 Å². The van der Waals surface area contributed by atoms with Crippen LogP contribution in [0.4, 0.5) is 0 Å². The molecule has 0 aliphatic rings. The molecule has 0 radical (unpaired) electrons. The first-order chi connectivity index (χ1) is 27.2. The Bertz CT molecular complexity index is 3250. The van der Waals surface area contributed by atoms with Gasteiger partial charge in [0.25, 0.3) is 0 Å². The van der Waals surface area contributed by atoms with E-state index in [-0.39, 0.29) is 0 Å². The summed E-state index contributed by atoms with van der Waals surface area (Å²) in [5.41, 5.74) is 10.9. The Hall–Kier alpha value is -7.09. The molecule has 11 rings (SSSR count). The van der Waals surface area contributed by atoms with Crippen LogP contribution < -0.4 is 0 Å². The van der Waals surface area contributed by atoms with E-state index in [2.05, 4.69) is 189 Å². The van der Waals surface area contributed by atoms with Crippen LogP contribution in [0.25, 0.3) is 109 Å². The molecule has 0 unspecified atom stereocenters. The second-order valence-corrected chi connectivity index (χ2v) is 14.7. The monoisotopic (exact) mass is 697 g/mol. The first-order valence-electron chi connectivity index (χ1n) is 19.0. The summed E-state index contributed by atoms with van der Waals surface area (Å²) in [6.45, 7) is 2.23. The Labute approximate surface area is 319 Å². The molecule has 11 aromatic rings. The quantitative estimate of drug-likeness (QED) is 0.132. The molecule has 0 aliphatic carbocycles. The zero-order valence-electron chi connectivity index (χ0n) is 30.4. The molecule has 55 heavy (non-hydrogen) atoms. The number of hydrogen-bond acceptors (Lipinski definition) is 1. The molecule has 0 amide bonds. The average Bonchev–Trinajstić information content (AvgIpc) is 3.25. The summed E-state index contributed by atoms with van der Waals surface area (Å²) in [4.78, 5) is 4.78. The van der Waals surface area contributed by atoms with Gasteiger partial charge in [0.15, 0.2) is 0 Å². The number of hydrogen-bond donors (Lipinski definition) is 0. The fraction of sp³-hybridized carbons (Fsp3) is 0.0185. The zero-order chi connectivity index (χ0) is 36.5. The highest BCUT2D eigenvalue weighted by molar-refractivity contribution is 6.23. The molecule has 1 heteroatoms. The molecular weight excluding hydrogens is 663 g/mol. The van der Waals surface area contributed by atoms with Crippen molar-refractivity contribution in [3.05, 3.63) is 200 Å². The lowest BCUT2D eigenvalue weighted by Crippen LogP contribution is -1.92. The molecule has 256 valence electrons. The summed E-state index contributed by atoms with van der Waals surface area (Å²) in [5.74, 6) is 0. The maximum atomic E-state index is 4.78.